The van der Waals surface area contributed by atoms with Gasteiger partial charge >= 0.3 is 0 Å². The summed E-state index contributed by atoms with van der Waals surface area (Å²) >= 11 is 3.21. The molecule has 0 atom stereocenters. The molecule has 0 aliphatic rings. The number of benzene rings is 1. The largest absolute Gasteiger partial charge is 0.436 e. The molecule has 2 N–H and O–H groups in total. The van der Waals surface area contributed by atoms with Crippen LogP contribution in [0.2, 0.25) is 0 Å². The maximum Gasteiger partial charge on any atom is 0.242 e. The maximum absolute atomic E-state index is 12.9. The zero-order valence-electron chi connectivity index (χ0n) is 9.08. The smallest absolute Gasteiger partial charge is 0.242 e. The van der Waals surface area contributed by atoms with Gasteiger partial charge in [0.05, 0.1) is 10.2 Å². The molecule has 0 saturated carbocycles. The summed E-state index contributed by atoms with van der Waals surface area (Å²) in [4.78, 5) is 4.04. The molecule has 2 rings (SSSR count). The van der Waals surface area contributed by atoms with E-state index in [4.69, 9.17) is 10.5 Å². The van der Waals surface area contributed by atoms with Crippen LogP contribution in [-0.2, 0) is 0 Å². The fourth-order valence-electron chi connectivity index (χ4n) is 1.29. The van der Waals surface area contributed by atoms with Crippen LogP contribution in [0.15, 0.2) is 34.9 Å². The van der Waals surface area contributed by atoms with Crippen LogP contribution in [0, 0.1) is 12.7 Å². The zero-order chi connectivity index (χ0) is 12.4. The summed E-state index contributed by atoms with van der Waals surface area (Å²) in [5.74, 6) is 0.447. The molecule has 1 aromatic carbocycles. The quantitative estimate of drug-likeness (QED) is 0.920. The van der Waals surface area contributed by atoms with Gasteiger partial charge in [-0.25, -0.2) is 9.37 Å². The number of hydrogen-bond acceptors (Lipinski definition) is 3. The molecule has 0 saturated heterocycles. The lowest BCUT2D eigenvalue weighted by Gasteiger charge is -2.10. The number of aromatic nitrogens is 1. The molecule has 0 amide bonds. The second kappa shape index (κ2) is 4.71. The molecule has 5 heteroatoms. The Labute approximate surface area is 107 Å². The number of nitrogens with two attached hydrogens (primary N) is 1. The topological polar surface area (TPSA) is 48.1 Å². The van der Waals surface area contributed by atoms with Crippen LogP contribution in [0.1, 0.15) is 5.56 Å². The summed E-state index contributed by atoms with van der Waals surface area (Å²) in [5.41, 5.74) is 7.19. The number of pyridine rings is 1. The molecule has 0 bridgehead atoms. The SMILES string of the molecule is Cc1ccnc(Oc2ccc(F)cc2Br)c1N. The lowest BCUT2D eigenvalue weighted by molar-refractivity contribution is 0.460. The first-order valence-corrected chi connectivity index (χ1v) is 5.71. The fraction of sp³-hybridized carbons (Fsp3) is 0.0833. The Kier molecular flexibility index (Phi) is 3.28. The van der Waals surface area contributed by atoms with Gasteiger partial charge in [0.2, 0.25) is 5.88 Å². The number of nitrogens with zero attached hydrogens (tertiary/aromatic N) is 1. The van der Waals surface area contributed by atoms with Crippen LogP contribution >= 0.6 is 15.9 Å². The molecular formula is C12H10BrFN2O. The van der Waals surface area contributed by atoms with Crippen LogP contribution in [0.5, 0.6) is 11.6 Å². The summed E-state index contributed by atoms with van der Waals surface area (Å²) in [7, 11) is 0. The average Bonchev–Trinajstić information content (AvgIpc) is 2.28. The van der Waals surface area contributed by atoms with Crippen LogP contribution in [-0.4, -0.2) is 4.98 Å². The number of anilines is 1. The van der Waals surface area contributed by atoms with E-state index in [0.29, 0.717) is 21.8 Å². The molecule has 0 aliphatic carbocycles. The minimum absolute atomic E-state index is 0.317. The Morgan fingerprint density at radius 2 is 2.12 bits per heavy atom. The highest BCUT2D eigenvalue weighted by Gasteiger charge is 2.09. The first-order valence-electron chi connectivity index (χ1n) is 4.92. The van der Waals surface area contributed by atoms with Crippen LogP contribution in [0.25, 0.3) is 0 Å². The average molecular weight is 297 g/mol. The highest BCUT2D eigenvalue weighted by Crippen LogP contribution is 2.32. The number of ether oxygens (including phenoxy) is 1. The first-order chi connectivity index (χ1) is 8.08. The van der Waals surface area contributed by atoms with E-state index in [9.17, 15) is 4.39 Å². The highest BCUT2D eigenvalue weighted by molar-refractivity contribution is 9.10. The summed E-state index contributed by atoms with van der Waals surface area (Å²) in [6, 6.07) is 5.94. The number of aryl methyl sites for hydroxylation is 1. The first kappa shape index (κ1) is 11.9. The van der Waals surface area contributed by atoms with Crippen molar-refractivity contribution in [3.8, 4) is 11.6 Å². The third-order valence-corrected chi connectivity index (χ3v) is 2.89. The van der Waals surface area contributed by atoms with Crippen LogP contribution < -0.4 is 10.5 Å². The van der Waals surface area contributed by atoms with Crippen molar-refractivity contribution in [3.05, 3.63) is 46.3 Å². The fourth-order valence-corrected chi connectivity index (χ4v) is 1.72. The number of halogens is 2. The standard InChI is InChI=1S/C12H10BrFN2O/c1-7-4-5-16-12(11(7)15)17-10-3-2-8(14)6-9(10)13/h2-6H,15H2,1H3. The van der Waals surface area contributed by atoms with Gasteiger partial charge in [0.15, 0.2) is 0 Å². The number of rotatable bonds is 2. The molecule has 0 fully saturated rings. The highest BCUT2D eigenvalue weighted by atomic mass is 79.9. The summed E-state index contributed by atoms with van der Waals surface area (Å²) in [5, 5.41) is 0. The van der Waals surface area contributed by atoms with E-state index in [2.05, 4.69) is 20.9 Å². The number of hydrogen-bond donors (Lipinski definition) is 1. The Bertz CT molecular complexity index is 560. The molecule has 1 heterocycles. The van der Waals surface area contributed by atoms with Crippen molar-refractivity contribution in [1.82, 2.24) is 4.98 Å². The van der Waals surface area contributed by atoms with Crippen molar-refractivity contribution in [3.63, 3.8) is 0 Å². The van der Waals surface area contributed by atoms with E-state index < -0.39 is 0 Å². The van der Waals surface area contributed by atoms with Crippen molar-refractivity contribution >= 4 is 21.6 Å². The molecule has 1 aromatic heterocycles. The lowest BCUT2D eigenvalue weighted by Crippen LogP contribution is -1.97. The molecule has 0 spiro atoms. The molecular weight excluding hydrogens is 287 g/mol. The van der Waals surface area contributed by atoms with E-state index >= 15 is 0 Å². The summed E-state index contributed by atoms with van der Waals surface area (Å²) in [6.07, 6.45) is 1.61. The predicted molar refractivity (Wildman–Crippen MR) is 67.6 cm³/mol. The molecule has 0 unspecified atom stereocenters. The lowest BCUT2D eigenvalue weighted by atomic mass is 10.2. The van der Waals surface area contributed by atoms with Gasteiger partial charge in [-0.1, -0.05) is 0 Å². The monoisotopic (exact) mass is 296 g/mol. The van der Waals surface area contributed by atoms with Crippen molar-refractivity contribution < 1.29 is 9.13 Å². The van der Waals surface area contributed by atoms with Gasteiger partial charge in [-0.3, -0.25) is 0 Å². The van der Waals surface area contributed by atoms with Crippen molar-refractivity contribution in [2.45, 2.75) is 6.92 Å². The van der Waals surface area contributed by atoms with Gasteiger partial charge in [-0.05, 0) is 52.7 Å². The minimum atomic E-state index is -0.339. The van der Waals surface area contributed by atoms with Gasteiger partial charge in [0.1, 0.15) is 11.6 Å². The van der Waals surface area contributed by atoms with Gasteiger partial charge in [0, 0.05) is 6.20 Å². The summed E-state index contributed by atoms with van der Waals surface area (Å²) in [6.45, 7) is 1.86. The van der Waals surface area contributed by atoms with Gasteiger partial charge in [-0.2, -0.15) is 0 Å². The Morgan fingerprint density at radius 3 is 2.82 bits per heavy atom. The van der Waals surface area contributed by atoms with Gasteiger partial charge in [0.25, 0.3) is 0 Å². The van der Waals surface area contributed by atoms with E-state index in [-0.39, 0.29) is 5.82 Å². The normalized spacial score (nSPS) is 10.3. The van der Waals surface area contributed by atoms with Crippen LogP contribution in [0.4, 0.5) is 10.1 Å². The molecule has 3 nitrogen and oxygen atoms in total. The summed E-state index contributed by atoms with van der Waals surface area (Å²) < 4.78 is 18.9. The molecule has 17 heavy (non-hydrogen) atoms. The zero-order valence-corrected chi connectivity index (χ0v) is 10.7. The Morgan fingerprint density at radius 1 is 1.35 bits per heavy atom. The third-order valence-electron chi connectivity index (χ3n) is 2.27. The molecule has 2 aromatic rings. The molecule has 88 valence electrons. The Hall–Kier alpha value is -1.62. The maximum atomic E-state index is 12.9. The van der Waals surface area contributed by atoms with Crippen molar-refractivity contribution in [2.24, 2.45) is 0 Å². The van der Waals surface area contributed by atoms with Crippen molar-refractivity contribution in [2.75, 3.05) is 5.73 Å². The van der Waals surface area contributed by atoms with Gasteiger partial charge < -0.3 is 10.5 Å². The minimum Gasteiger partial charge on any atom is -0.436 e. The predicted octanol–water partition coefficient (Wildman–Crippen LogP) is 3.67. The molecule has 0 radical (unpaired) electrons. The molecule has 0 aliphatic heterocycles. The third kappa shape index (κ3) is 2.55. The Balaban J connectivity index is 2.35. The van der Waals surface area contributed by atoms with Crippen molar-refractivity contribution in [1.29, 1.82) is 0 Å². The van der Waals surface area contributed by atoms with E-state index in [0.717, 1.165) is 5.56 Å². The number of nitrogen functional groups attached to an aromatic ring is 1. The van der Waals surface area contributed by atoms with E-state index in [1.54, 1.807) is 12.3 Å². The second-order valence-corrected chi connectivity index (χ2v) is 4.38. The van der Waals surface area contributed by atoms with E-state index in [1.807, 2.05) is 6.92 Å². The second-order valence-electron chi connectivity index (χ2n) is 3.52. The van der Waals surface area contributed by atoms with Crippen LogP contribution in [0.3, 0.4) is 0 Å². The van der Waals surface area contributed by atoms with E-state index in [1.165, 1.54) is 18.2 Å². The van der Waals surface area contributed by atoms with Gasteiger partial charge in [-0.15, -0.1) is 0 Å².